The molecule has 1 saturated heterocycles. The molecule has 156 valence electrons. The number of carbonyl (C=O) groups is 1. The van der Waals surface area contributed by atoms with Gasteiger partial charge in [0.05, 0.1) is 31.7 Å². The molecule has 0 amide bonds. The van der Waals surface area contributed by atoms with E-state index in [1.54, 1.807) is 0 Å². The fraction of sp³-hybridized carbons (Fsp3) is 0.810. The summed E-state index contributed by atoms with van der Waals surface area (Å²) >= 11 is 0. The molecule has 1 aliphatic heterocycles. The van der Waals surface area contributed by atoms with Crippen LogP contribution in [0.25, 0.3) is 0 Å². The fourth-order valence-electron chi connectivity index (χ4n) is 7.42. The second-order valence-corrected chi connectivity index (χ2v) is 9.41. The Balaban J connectivity index is 1.73. The number of aliphatic carboxylic acids is 1. The lowest BCUT2D eigenvalue weighted by Gasteiger charge is -2.56. The summed E-state index contributed by atoms with van der Waals surface area (Å²) in [6.45, 7) is 5.60. The molecule has 6 atom stereocenters. The van der Waals surface area contributed by atoms with E-state index in [0.717, 1.165) is 57.3 Å². The number of hydrogen-bond donors (Lipinski definition) is 4. The van der Waals surface area contributed by atoms with Gasteiger partial charge in [0.1, 0.15) is 0 Å². The summed E-state index contributed by atoms with van der Waals surface area (Å²) in [4.78, 5) is 17.7. The van der Waals surface area contributed by atoms with Gasteiger partial charge in [0.15, 0.2) is 0 Å². The molecule has 28 heavy (non-hydrogen) atoms. The molecule has 3 aliphatic carbocycles. The first-order chi connectivity index (χ1) is 13.4. The van der Waals surface area contributed by atoms with Gasteiger partial charge in [-0.2, -0.15) is 0 Å². The van der Waals surface area contributed by atoms with Crippen LogP contribution in [-0.4, -0.2) is 56.4 Å². The van der Waals surface area contributed by atoms with Crippen LogP contribution < -0.4 is 21.1 Å². The zero-order valence-corrected chi connectivity index (χ0v) is 17.1. The number of nitrogens with two attached hydrogens (primary N) is 1. The predicted octanol–water partition coefficient (Wildman–Crippen LogP) is -1.57. The van der Waals surface area contributed by atoms with E-state index in [1.807, 2.05) is 7.05 Å². The number of allylic oxidation sites excluding steroid dienone is 1. The maximum Gasteiger partial charge on any atom is 0.293 e. The molecule has 7 nitrogen and oxygen atoms in total. The Kier molecular flexibility index (Phi) is 5.04. The van der Waals surface area contributed by atoms with Gasteiger partial charge in [-0.3, -0.25) is 4.90 Å². The summed E-state index contributed by atoms with van der Waals surface area (Å²) in [6, 6.07) is 0. The zero-order chi connectivity index (χ0) is 20.1. The van der Waals surface area contributed by atoms with Crippen LogP contribution in [0, 0.1) is 22.7 Å². The van der Waals surface area contributed by atoms with Crippen molar-refractivity contribution < 1.29 is 19.9 Å². The second kappa shape index (κ2) is 7.11. The predicted molar refractivity (Wildman–Crippen MR) is 104 cm³/mol. The molecule has 7 heteroatoms. The van der Waals surface area contributed by atoms with Gasteiger partial charge in [-0.1, -0.05) is 12.5 Å². The third-order valence-electron chi connectivity index (χ3n) is 8.48. The average molecular weight is 391 g/mol. The first-order valence-corrected chi connectivity index (χ1v) is 10.8. The number of piperidine rings is 1. The number of carboxylic acid groups (broad SMARTS) is 1. The van der Waals surface area contributed by atoms with Crippen molar-refractivity contribution in [2.75, 3.05) is 33.2 Å². The van der Waals surface area contributed by atoms with Crippen molar-refractivity contribution in [2.45, 2.75) is 51.6 Å². The maximum atomic E-state index is 11.9. The van der Waals surface area contributed by atoms with Crippen molar-refractivity contribution in [3.63, 3.8) is 0 Å². The van der Waals surface area contributed by atoms with Gasteiger partial charge >= 0.3 is 0 Å². The van der Waals surface area contributed by atoms with Gasteiger partial charge in [0.25, 0.3) is 5.96 Å². The molecule has 4 aliphatic rings. The number of carboxylic acids is 1. The number of nitrogens with one attached hydrogen (secondary N) is 2. The molecule has 4 rings (SSSR count). The van der Waals surface area contributed by atoms with E-state index in [0.29, 0.717) is 30.8 Å². The van der Waals surface area contributed by atoms with E-state index in [-0.39, 0.29) is 16.4 Å². The first-order valence-electron chi connectivity index (χ1n) is 10.8. The highest BCUT2D eigenvalue weighted by atomic mass is 16.4. The van der Waals surface area contributed by atoms with Crippen molar-refractivity contribution in [3.8, 4) is 0 Å². The summed E-state index contributed by atoms with van der Waals surface area (Å²) in [5.41, 5.74) is 7.37. The van der Waals surface area contributed by atoms with Gasteiger partial charge in [-0.15, -0.1) is 0 Å². The number of quaternary nitrogens is 1. The van der Waals surface area contributed by atoms with E-state index in [2.05, 4.69) is 17.2 Å². The molecule has 1 heterocycles. The van der Waals surface area contributed by atoms with Gasteiger partial charge < -0.3 is 26.1 Å². The number of aliphatic hydroxyl groups excluding tert-OH is 1. The van der Waals surface area contributed by atoms with Crippen LogP contribution in [0.5, 0.6) is 0 Å². The quantitative estimate of drug-likeness (QED) is 0.263. The van der Waals surface area contributed by atoms with Crippen molar-refractivity contribution >= 4 is 11.9 Å². The van der Waals surface area contributed by atoms with Crippen molar-refractivity contribution in [1.29, 1.82) is 0 Å². The van der Waals surface area contributed by atoms with Crippen LogP contribution in [-0.2, 0) is 4.79 Å². The highest BCUT2D eigenvalue weighted by molar-refractivity contribution is 5.88. The summed E-state index contributed by atoms with van der Waals surface area (Å²) in [5.74, 6) is 0.338. The Labute approximate surface area is 167 Å². The lowest BCUT2D eigenvalue weighted by molar-refractivity contribution is -0.826. The lowest BCUT2D eigenvalue weighted by atomic mass is 9.49. The SMILES string of the molecule is CNCCN=C(N)[NH+]1CCCC2(C1)C1CCC(C)C23CC(O)C(C(=O)[O-])=C3C1. The smallest absolute Gasteiger partial charge is 0.293 e. The van der Waals surface area contributed by atoms with Crippen molar-refractivity contribution in [1.82, 2.24) is 5.32 Å². The number of hydrogen-bond acceptors (Lipinski definition) is 5. The van der Waals surface area contributed by atoms with Crippen LogP contribution in [0.2, 0.25) is 0 Å². The zero-order valence-electron chi connectivity index (χ0n) is 17.1. The maximum absolute atomic E-state index is 11.9. The Morgan fingerprint density at radius 2 is 2.25 bits per heavy atom. The topological polar surface area (TPSA) is 115 Å². The van der Waals surface area contributed by atoms with E-state index < -0.39 is 12.1 Å². The molecule has 0 radical (unpaired) electrons. The molecule has 2 saturated carbocycles. The second-order valence-electron chi connectivity index (χ2n) is 9.41. The molecule has 0 aromatic heterocycles. The van der Waals surface area contributed by atoms with Crippen molar-refractivity contribution in [3.05, 3.63) is 11.1 Å². The van der Waals surface area contributed by atoms with Crippen LogP contribution in [0.15, 0.2) is 16.1 Å². The number of rotatable bonds is 4. The summed E-state index contributed by atoms with van der Waals surface area (Å²) < 4.78 is 0. The van der Waals surface area contributed by atoms with Gasteiger partial charge in [0, 0.05) is 22.9 Å². The number of aliphatic imine (C=N–C) groups is 1. The number of guanidine groups is 1. The van der Waals surface area contributed by atoms with Crippen LogP contribution >= 0.6 is 0 Å². The van der Waals surface area contributed by atoms with Crippen LogP contribution in [0.3, 0.4) is 0 Å². The van der Waals surface area contributed by atoms with E-state index >= 15 is 0 Å². The van der Waals surface area contributed by atoms with E-state index in [4.69, 9.17) is 5.73 Å². The number of likely N-dealkylation sites (tertiary alicyclic amines) is 1. The molecular formula is C21H34N4O3. The standard InChI is InChI=1S/C21H34N4O3/c1-13-4-5-14-10-15-17(18(27)28)16(26)11-21(13,15)20(14)6-3-9-25(12-20)19(22)24-8-7-23-2/h13-14,16,23,26H,3-12H2,1-2H3,(H2,22,24)(H,27,28). The van der Waals surface area contributed by atoms with E-state index in [1.165, 1.54) is 4.90 Å². The monoisotopic (exact) mass is 390 g/mol. The highest BCUT2D eigenvalue weighted by Gasteiger charge is 2.71. The third-order valence-corrected chi connectivity index (χ3v) is 8.48. The van der Waals surface area contributed by atoms with E-state index in [9.17, 15) is 15.0 Å². The minimum Gasteiger partial charge on any atom is -0.545 e. The fourth-order valence-corrected chi connectivity index (χ4v) is 7.42. The molecule has 0 aromatic carbocycles. The van der Waals surface area contributed by atoms with Gasteiger partial charge in [-0.25, -0.2) is 4.99 Å². The first kappa shape index (κ1) is 19.9. The number of aliphatic hydroxyl groups is 1. The number of carbonyl (C=O) groups excluding carboxylic acids is 1. The number of likely N-dealkylation sites (N-methyl/N-ethyl adjacent to an activating group) is 1. The van der Waals surface area contributed by atoms with Crippen LogP contribution in [0.1, 0.15) is 45.4 Å². The molecular weight excluding hydrogens is 356 g/mol. The van der Waals surface area contributed by atoms with Gasteiger partial charge in [-0.05, 0) is 57.4 Å². The molecule has 6 unspecified atom stereocenters. The Morgan fingerprint density at radius 1 is 1.46 bits per heavy atom. The molecule has 2 bridgehead atoms. The largest absolute Gasteiger partial charge is 0.545 e. The molecule has 2 spiro atoms. The summed E-state index contributed by atoms with van der Waals surface area (Å²) in [7, 11) is 1.91. The highest BCUT2D eigenvalue weighted by Crippen LogP contribution is 2.74. The minimum absolute atomic E-state index is 0.00884. The Bertz CT molecular complexity index is 720. The summed E-state index contributed by atoms with van der Waals surface area (Å²) in [5, 5.41) is 25.6. The minimum atomic E-state index is -1.18. The normalized spacial score (nSPS) is 42.9. The van der Waals surface area contributed by atoms with Crippen LogP contribution in [0.4, 0.5) is 0 Å². The third kappa shape index (κ3) is 2.59. The molecule has 3 fully saturated rings. The molecule has 5 N–H and O–H groups in total. The van der Waals surface area contributed by atoms with Gasteiger partial charge in [0.2, 0.25) is 0 Å². The summed E-state index contributed by atoms with van der Waals surface area (Å²) in [6.07, 6.45) is 4.82. The lowest BCUT2D eigenvalue weighted by Crippen LogP contribution is -3.18. The average Bonchev–Trinajstić information content (AvgIpc) is 3.02. The Hall–Kier alpha value is -1.44. The van der Waals surface area contributed by atoms with Crippen molar-refractivity contribution in [2.24, 2.45) is 33.4 Å². The Morgan fingerprint density at radius 3 is 2.96 bits per heavy atom. The molecule has 0 aromatic rings. The number of nitrogens with zero attached hydrogens (tertiary/aromatic N) is 1.